The minimum Gasteiger partial charge on any atom is -0.340 e. The third-order valence-corrected chi connectivity index (χ3v) is 5.36. The summed E-state index contributed by atoms with van der Waals surface area (Å²) < 4.78 is 13.6. The molecule has 4 rings (SSSR count). The van der Waals surface area contributed by atoms with E-state index in [9.17, 15) is 9.18 Å². The van der Waals surface area contributed by atoms with Crippen molar-refractivity contribution in [3.8, 4) is 11.8 Å². The number of anilines is 3. The molecule has 0 radical (unpaired) electrons. The monoisotopic (exact) mass is 499 g/mol. The van der Waals surface area contributed by atoms with Gasteiger partial charge in [-0.2, -0.15) is 0 Å². The van der Waals surface area contributed by atoms with E-state index in [0.717, 1.165) is 5.56 Å². The van der Waals surface area contributed by atoms with Gasteiger partial charge in [0.2, 0.25) is 5.91 Å². The van der Waals surface area contributed by atoms with Crippen LogP contribution < -0.4 is 10.6 Å². The summed E-state index contributed by atoms with van der Waals surface area (Å²) in [6.45, 7) is 0.633. The van der Waals surface area contributed by atoms with Gasteiger partial charge in [0.05, 0.1) is 21.8 Å². The van der Waals surface area contributed by atoms with Crippen LogP contribution in [-0.4, -0.2) is 41.4 Å². The molecule has 1 amide bonds. The Balaban J connectivity index is 1.75. The molecule has 1 aromatic heterocycles. The predicted molar refractivity (Wildman–Crippen MR) is 143 cm³/mol. The van der Waals surface area contributed by atoms with E-state index in [1.807, 2.05) is 49.3 Å². The van der Waals surface area contributed by atoms with Crippen molar-refractivity contribution in [2.75, 3.05) is 31.3 Å². The van der Waals surface area contributed by atoms with Crippen LogP contribution in [0.4, 0.5) is 21.6 Å². The average molecular weight is 500 g/mol. The van der Waals surface area contributed by atoms with Gasteiger partial charge in [-0.05, 0) is 56.6 Å². The summed E-state index contributed by atoms with van der Waals surface area (Å²) in [5.74, 6) is 5.96. The molecule has 0 fully saturated rings. The number of fused-ring (bicyclic) bond motifs is 1. The first-order valence-electron chi connectivity index (χ1n) is 11.1. The molecule has 36 heavy (non-hydrogen) atoms. The minimum absolute atomic E-state index is 0.00528. The summed E-state index contributed by atoms with van der Waals surface area (Å²) in [5, 5.41) is 6.71. The van der Waals surface area contributed by atoms with E-state index in [4.69, 9.17) is 11.6 Å². The molecule has 4 aromatic rings. The maximum Gasteiger partial charge on any atom is 0.248 e. The summed E-state index contributed by atoms with van der Waals surface area (Å²) in [6, 6.07) is 17.5. The molecule has 2 N–H and O–H groups in total. The second-order valence-corrected chi connectivity index (χ2v) is 8.57. The molecule has 1 heterocycles. The highest BCUT2D eigenvalue weighted by Crippen LogP contribution is 2.30. The first-order valence-corrected chi connectivity index (χ1v) is 11.5. The summed E-state index contributed by atoms with van der Waals surface area (Å²) in [6.07, 6.45) is 4.69. The molecule has 0 aliphatic rings. The van der Waals surface area contributed by atoms with Crippen molar-refractivity contribution >= 4 is 45.6 Å². The first-order chi connectivity index (χ1) is 17.4. The topological polar surface area (TPSA) is 70.2 Å². The fourth-order valence-corrected chi connectivity index (χ4v) is 3.51. The highest BCUT2D eigenvalue weighted by atomic mass is 35.5. The zero-order valence-corrected chi connectivity index (χ0v) is 20.5. The van der Waals surface area contributed by atoms with E-state index in [0.29, 0.717) is 40.2 Å². The Hall–Kier alpha value is -4.25. The summed E-state index contributed by atoms with van der Waals surface area (Å²) >= 11 is 5.93. The third-order valence-electron chi connectivity index (χ3n) is 5.07. The van der Waals surface area contributed by atoms with Crippen molar-refractivity contribution in [2.24, 2.45) is 0 Å². The van der Waals surface area contributed by atoms with Gasteiger partial charge in [-0.25, -0.2) is 14.4 Å². The van der Waals surface area contributed by atoms with Crippen LogP contribution in [0.5, 0.6) is 0 Å². The Bertz CT molecular complexity index is 1490. The van der Waals surface area contributed by atoms with Crippen LogP contribution >= 0.6 is 11.6 Å². The van der Waals surface area contributed by atoms with Gasteiger partial charge in [-0.1, -0.05) is 47.7 Å². The van der Waals surface area contributed by atoms with Gasteiger partial charge >= 0.3 is 0 Å². The number of rotatable bonds is 6. The number of amides is 1. The Kier molecular flexibility index (Phi) is 7.91. The Morgan fingerprint density at radius 2 is 1.89 bits per heavy atom. The zero-order chi connectivity index (χ0) is 25.5. The van der Waals surface area contributed by atoms with Gasteiger partial charge < -0.3 is 15.5 Å². The molecule has 3 aromatic carbocycles. The van der Waals surface area contributed by atoms with Gasteiger partial charge in [-0.15, -0.1) is 0 Å². The molecule has 0 unspecified atom stereocenters. The van der Waals surface area contributed by atoms with Gasteiger partial charge in [0.1, 0.15) is 18.0 Å². The van der Waals surface area contributed by atoms with Crippen LogP contribution in [0.1, 0.15) is 11.1 Å². The number of nitrogens with zero attached hydrogens (tertiary/aromatic N) is 3. The second-order valence-electron chi connectivity index (χ2n) is 8.16. The number of benzene rings is 3. The number of aromatic nitrogens is 2. The molecule has 180 valence electrons. The molecule has 0 saturated carbocycles. The van der Waals surface area contributed by atoms with Gasteiger partial charge in [0.15, 0.2) is 0 Å². The lowest BCUT2D eigenvalue weighted by molar-refractivity contribution is -0.111. The molecular weight excluding hydrogens is 477 g/mol. The molecule has 0 saturated heterocycles. The van der Waals surface area contributed by atoms with E-state index >= 15 is 0 Å². The van der Waals surface area contributed by atoms with E-state index in [-0.39, 0.29) is 10.9 Å². The zero-order valence-electron chi connectivity index (χ0n) is 19.7. The van der Waals surface area contributed by atoms with Gasteiger partial charge in [0.25, 0.3) is 0 Å². The predicted octanol–water partition coefficient (Wildman–Crippen LogP) is 5.62. The largest absolute Gasteiger partial charge is 0.340 e. The fourth-order valence-electron chi connectivity index (χ4n) is 3.33. The number of hydrogen-bond acceptors (Lipinski definition) is 5. The summed E-state index contributed by atoms with van der Waals surface area (Å²) in [5.41, 5.74) is 3.15. The average Bonchev–Trinajstić information content (AvgIpc) is 2.86. The summed E-state index contributed by atoms with van der Waals surface area (Å²) in [7, 11) is 3.84. The second kappa shape index (κ2) is 11.5. The van der Waals surface area contributed by atoms with Crippen LogP contribution in [0, 0.1) is 17.7 Å². The number of likely N-dealkylation sites (N-methyl/N-ethyl adjacent to an activating group) is 1. The van der Waals surface area contributed by atoms with Crippen molar-refractivity contribution in [3.05, 3.63) is 101 Å². The number of carbonyl (C=O) groups excluding carboxylic acids is 1. The number of hydrogen-bond donors (Lipinski definition) is 2. The highest BCUT2D eigenvalue weighted by Gasteiger charge is 2.12. The van der Waals surface area contributed by atoms with Gasteiger partial charge in [0, 0.05) is 29.3 Å². The van der Waals surface area contributed by atoms with Crippen LogP contribution in [0.2, 0.25) is 5.02 Å². The Labute approximate surface area is 213 Å². The van der Waals surface area contributed by atoms with Crippen molar-refractivity contribution < 1.29 is 9.18 Å². The quantitative estimate of drug-likeness (QED) is 0.266. The normalized spacial score (nSPS) is 10.9. The smallest absolute Gasteiger partial charge is 0.248 e. The minimum atomic E-state index is -0.510. The molecule has 0 atom stereocenters. The molecule has 0 aliphatic carbocycles. The first kappa shape index (κ1) is 24.9. The SMILES string of the molecule is CN(C)C/C=C/C(=O)Nc1cc2c(Nc3ccc(F)c(Cl)c3)ncnc2cc1C#Cc1ccccc1. The molecule has 0 aliphatic heterocycles. The molecular formula is C28H23ClFN5O. The van der Waals surface area contributed by atoms with Crippen LogP contribution in [-0.2, 0) is 4.79 Å². The standard InChI is InChI=1S/C28H23ClFN5O/c1-35(2)14-6-9-27(36)34-25-17-22-26(15-20(25)11-10-19-7-4-3-5-8-19)31-18-32-28(22)33-21-12-13-24(30)23(29)16-21/h3-9,12-13,15-18H,14H2,1-2H3,(H,34,36)(H,31,32,33)/b9-6+. The molecule has 0 bridgehead atoms. The molecule has 6 nitrogen and oxygen atoms in total. The number of carbonyl (C=O) groups is 1. The van der Waals surface area contributed by atoms with Crippen LogP contribution in [0.25, 0.3) is 10.9 Å². The van der Waals surface area contributed by atoms with Crippen molar-refractivity contribution in [3.63, 3.8) is 0 Å². The lowest BCUT2D eigenvalue weighted by atomic mass is 10.1. The Morgan fingerprint density at radius 3 is 2.64 bits per heavy atom. The maximum atomic E-state index is 13.6. The van der Waals surface area contributed by atoms with Gasteiger partial charge in [-0.3, -0.25) is 4.79 Å². The van der Waals surface area contributed by atoms with Crippen LogP contribution in [0.3, 0.4) is 0 Å². The van der Waals surface area contributed by atoms with Crippen molar-refractivity contribution in [1.82, 2.24) is 14.9 Å². The van der Waals surface area contributed by atoms with Crippen molar-refractivity contribution in [2.45, 2.75) is 0 Å². The molecule has 0 spiro atoms. The van der Waals surface area contributed by atoms with E-state index in [1.54, 1.807) is 24.3 Å². The molecule has 8 heteroatoms. The number of nitrogens with one attached hydrogen (secondary N) is 2. The number of halogens is 2. The highest BCUT2D eigenvalue weighted by molar-refractivity contribution is 6.31. The summed E-state index contributed by atoms with van der Waals surface area (Å²) in [4.78, 5) is 23.3. The fraction of sp³-hybridized carbons (Fsp3) is 0.107. The van der Waals surface area contributed by atoms with Crippen molar-refractivity contribution in [1.29, 1.82) is 0 Å². The lowest BCUT2D eigenvalue weighted by Crippen LogP contribution is -2.13. The maximum absolute atomic E-state index is 13.6. The van der Waals surface area contributed by atoms with Crippen LogP contribution in [0.15, 0.2) is 79.1 Å². The third kappa shape index (κ3) is 6.45. The van der Waals surface area contributed by atoms with E-state index < -0.39 is 5.82 Å². The lowest BCUT2D eigenvalue weighted by Gasteiger charge is -2.12. The van der Waals surface area contributed by atoms with E-state index in [2.05, 4.69) is 32.4 Å². The Morgan fingerprint density at radius 1 is 1.08 bits per heavy atom. The van der Waals surface area contributed by atoms with E-state index in [1.165, 1.54) is 24.5 Å².